The van der Waals surface area contributed by atoms with Crippen LogP contribution in [0.1, 0.15) is 37.1 Å². The van der Waals surface area contributed by atoms with Crippen LogP contribution in [0.3, 0.4) is 0 Å². The normalized spacial score (nSPS) is 11.3. The van der Waals surface area contributed by atoms with E-state index in [1.54, 1.807) is 0 Å². The Hall–Kier alpha value is -1.28. The number of benzene rings is 1. The fourth-order valence-corrected chi connectivity index (χ4v) is 2.62. The molecule has 0 aliphatic heterocycles. The molecule has 2 heteroatoms. The van der Waals surface area contributed by atoms with Gasteiger partial charge in [0.15, 0.2) is 0 Å². The molecule has 1 aromatic carbocycles. The molecule has 0 saturated carbocycles. The minimum atomic E-state index is 0.972. The predicted octanol–water partition coefficient (Wildman–Crippen LogP) is 3.78. The minimum Gasteiger partial charge on any atom is -0.345 e. The van der Waals surface area contributed by atoms with Crippen LogP contribution in [0.15, 0.2) is 18.2 Å². The molecule has 98 valence electrons. The van der Waals surface area contributed by atoms with E-state index >= 15 is 0 Å². The van der Waals surface area contributed by atoms with E-state index < -0.39 is 0 Å². The highest BCUT2D eigenvalue weighted by Gasteiger charge is 2.09. The molecular weight excluding hydrogens is 220 g/mol. The number of nitrogens with zero attached hydrogens (tertiary/aromatic N) is 1. The summed E-state index contributed by atoms with van der Waals surface area (Å²) in [5.74, 6) is 0. The summed E-state index contributed by atoms with van der Waals surface area (Å²) in [5, 5.41) is 4.87. The van der Waals surface area contributed by atoms with Crippen molar-refractivity contribution in [3.8, 4) is 0 Å². The minimum absolute atomic E-state index is 0.972. The zero-order valence-electron chi connectivity index (χ0n) is 12.0. The number of aryl methyl sites for hydroxylation is 2. The maximum atomic E-state index is 3.46. The zero-order valence-corrected chi connectivity index (χ0v) is 12.0. The Bertz CT molecular complexity index is 538. The quantitative estimate of drug-likeness (QED) is 0.792. The lowest BCUT2D eigenvalue weighted by atomic mass is 10.1. The van der Waals surface area contributed by atoms with Gasteiger partial charge in [0.05, 0.1) is 0 Å². The summed E-state index contributed by atoms with van der Waals surface area (Å²) in [5.41, 5.74) is 5.56. The van der Waals surface area contributed by atoms with Gasteiger partial charge < -0.3 is 9.88 Å². The van der Waals surface area contributed by atoms with E-state index in [0.717, 1.165) is 19.6 Å². The van der Waals surface area contributed by atoms with Crippen molar-refractivity contribution in [2.75, 3.05) is 6.54 Å². The summed E-state index contributed by atoms with van der Waals surface area (Å²) in [7, 11) is 0. The number of fused-ring (bicyclic) bond motifs is 1. The van der Waals surface area contributed by atoms with E-state index in [2.05, 4.69) is 55.8 Å². The first-order valence-electron chi connectivity index (χ1n) is 6.98. The van der Waals surface area contributed by atoms with Gasteiger partial charge in [-0.3, -0.25) is 0 Å². The molecule has 18 heavy (non-hydrogen) atoms. The standard InChI is InChI=1S/C16H24N2/c1-5-9-17-11-14-7-8-16-15(10-14)12(3)13(4)18(16)6-2/h7-8,10,17H,5-6,9,11H2,1-4H3. The number of nitrogens with one attached hydrogen (secondary N) is 1. The summed E-state index contributed by atoms with van der Waals surface area (Å²) in [6, 6.07) is 6.85. The molecule has 0 atom stereocenters. The van der Waals surface area contributed by atoms with E-state index in [1.165, 1.54) is 34.1 Å². The Morgan fingerprint density at radius 1 is 1.17 bits per heavy atom. The largest absolute Gasteiger partial charge is 0.345 e. The summed E-state index contributed by atoms with van der Waals surface area (Å²) >= 11 is 0. The second-order valence-electron chi connectivity index (χ2n) is 4.98. The highest BCUT2D eigenvalue weighted by atomic mass is 15.0. The Morgan fingerprint density at radius 2 is 1.94 bits per heavy atom. The van der Waals surface area contributed by atoms with E-state index in [1.807, 2.05) is 0 Å². The van der Waals surface area contributed by atoms with Gasteiger partial charge in [-0.25, -0.2) is 0 Å². The van der Waals surface area contributed by atoms with E-state index in [9.17, 15) is 0 Å². The number of hydrogen-bond acceptors (Lipinski definition) is 1. The molecule has 0 amide bonds. The molecule has 1 aromatic heterocycles. The number of rotatable bonds is 5. The molecule has 0 fully saturated rings. The smallest absolute Gasteiger partial charge is 0.0485 e. The summed E-state index contributed by atoms with van der Waals surface area (Å²) < 4.78 is 2.40. The maximum absolute atomic E-state index is 3.46. The molecule has 1 N–H and O–H groups in total. The average molecular weight is 244 g/mol. The van der Waals surface area contributed by atoms with Gasteiger partial charge in [0, 0.05) is 29.7 Å². The fraction of sp³-hybridized carbons (Fsp3) is 0.500. The van der Waals surface area contributed by atoms with Gasteiger partial charge in [0.1, 0.15) is 0 Å². The number of aromatic nitrogens is 1. The molecule has 2 rings (SSSR count). The fourth-order valence-electron chi connectivity index (χ4n) is 2.62. The van der Waals surface area contributed by atoms with Gasteiger partial charge in [-0.2, -0.15) is 0 Å². The SMILES string of the molecule is CCCNCc1ccc2c(c1)c(C)c(C)n2CC. The molecule has 0 unspecified atom stereocenters. The van der Waals surface area contributed by atoms with Crippen LogP contribution in [0.25, 0.3) is 10.9 Å². The van der Waals surface area contributed by atoms with Crippen molar-refractivity contribution in [3.05, 3.63) is 35.0 Å². The highest BCUT2D eigenvalue weighted by Crippen LogP contribution is 2.26. The van der Waals surface area contributed by atoms with Gasteiger partial charge in [0.2, 0.25) is 0 Å². The van der Waals surface area contributed by atoms with Crippen LogP contribution in [0.4, 0.5) is 0 Å². The summed E-state index contributed by atoms with van der Waals surface area (Å²) in [6.07, 6.45) is 1.19. The van der Waals surface area contributed by atoms with Crippen LogP contribution >= 0.6 is 0 Å². The van der Waals surface area contributed by atoms with Gasteiger partial charge in [0.25, 0.3) is 0 Å². The molecule has 2 nitrogen and oxygen atoms in total. The van der Waals surface area contributed by atoms with Gasteiger partial charge in [-0.1, -0.05) is 13.0 Å². The van der Waals surface area contributed by atoms with Crippen LogP contribution < -0.4 is 5.32 Å². The molecule has 0 aliphatic rings. The first-order valence-corrected chi connectivity index (χ1v) is 6.98. The van der Waals surface area contributed by atoms with Crippen LogP contribution in [0.5, 0.6) is 0 Å². The van der Waals surface area contributed by atoms with Crippen LogP contribution in [0.2, 0.25) is 0 Å². The van der Waals surface area contributed by atoms with Gasteiger partial charge in [-0.05, 0) is 57.0 Å². The summed E-state index contributed by atoms with van der Waals surface area (Å²) in [4.78, 5) is 0. The molecule has 2 aromatic rings. The first-order chi connectivity index (χ1) is 8.69. The van der Waals surface area contributed by atoms with Crippen LogP contribution in [-0.4, -0.2) is 11.1 Å². The van der Waals surface area contributed by atoms with Crippen molar-refractivity contribution < 1.29 is 0 Å². The molecular formula is C16H24N2. The molecule has 0 radical (unpaired) electrons. The Balaban J connectivity index is 2.36. The van der Waals surface area contributed by atoms with E-state index in [4.69, 9.17) is 0 Å². The van der Waals surface area contributed by atoms with Crippen LogP contribution in [0, 0.1) is 13.8 Å². The lowest BCUT2D eigenvalue weighted by Crippen LogP contribution is -2.13. The van der Waals surface area contributed by atoms with Crippen LogP contribution in [-0.2, 0) is 13.1 Å². The monoisotopic (exact) mass is 244 g/mol. The van der Waals surface area contributed by atoms with Gasteiger partial charge in [-0.15, -0.1) is 0 Å². The molecule has 1 heterocycles. The molecule has 0 bridgehead atoms. The van der Waals surface area contributed by atoms with Crippen molar-refractivity contribution in [1.82, 2.24) is 9.88 Å². The van der Waals surface area contributed by atoms with Crippen molar-refractivity contribution in [3.63, 3.8) is 0 Å². The topological polar surface area (TPSA) is 17.0 Å². The van der Waals surface area contributed by atoms with Crippen molar-refractivity contribution in [2.45, 2.75) is 47.2 Å². The van der Waals surface area contributed by atoms with E-state index in [-0.39, 0.29) is 0 Å². The van der Waals surface area contributed by atoms with Crippen molar-refractivity contribution in [1.29, 1.82) is 0 Å². The Morgan fingerprint density at radius 3 is 2.61 bits per heavy atom. The van der Waals surface area contributed by atoms with Gasteiger partial charge >= 0.3 is 0 Å². The summed E-state index contributed by atoms with van der Waals surface area (Å²) in [6.45, 7) is 12.0. The van der Waals surface area contributed by atoms with Crippen molar-refractivity contribution in [2.24, 2.45) is 0 Å². The average Bonchev–Trinajstić information content (AvgIpc) is 2.62. The number of hydrogen-bond donors (Lipinski definition) is 1. The third-order valence-corrected chi connectivity index (χ3v) is 3.78. The highest BCUT2D eigenvalue weighted by molar-refractivity contribution is 5.86. The lowest BCUT2D eigenvalue weighted by molar-refractivity contribution is 0.676. The molecule has 0 saturated heterocycles. The second-order valence-corrected chi connectivity index (χ2v) is 4.98. The maximum Gasteiger partial charge on any atom is 0.0485 e. The first kappa shape index (κ1) is 13.2. The second kappa shape index (κ2) is 5.57. The molecule has 0 aliphatic carbocycles. The van der Waals surface area contributed by atoms with Crippen molar-refractivity contribution >= 4 is 10.9 Å². The molecule has 0 spiro atoms. The van der Waals surface area contributed by atoms with E-state index in [0.29, 0.717) is 0 Å². The Kier molecular flexibility index (Phi) is 4.07. The predicted molar refractivity (Wildman–Crippen MR) is 79.1 cm³/mol. The lowest BCUT2D eigenvalue weighted by Gasteiger charge is -2.06. The Labute approximate surface area is 110 Å². The third-order valence-electron chi connectivity index (χ3n) is 3.78. The third kappa shape index (κ3) is 2.30. The zero-order chi connectivity index (χ0) is 13.1.